The Morgan fingerprint density at radius 2 is 2.28 bits per heavy atom. The summed E-state index contributed by atoms with van der Waals surface area (Å²) in [5, 5.41) is 1.37. The lowest BCUT2D eigenvalue weighted by atomic mass is 9.87. The highest BCUT2D eigenvalue weighted by Crippen LogP contribution is 2.38. The zero-order valence-corrected chi connectivity index (χ0v) is 11.1. The maximum atomic E-state index is 5.93. The minimum absolute atomic E-state index is 0.511. The minimum Gasteiger partial charge on any atom is -0.497 e. The van der Waals surface area contributed by atoms with E-state index in [9.17, 15) is 0 Å². The Morgan fingerprint density at radius 1 is 1.44 bits per heavy atom. The van der Waals surface area contributed by atoms with Gasteiger partial charge in [-0.1, -0.05) is 0 Å². The van der Waals surface area contributed by atoms with Crippen LogP contribution in [0.1, 0.15) is 30.0 Å². The number of benzene rings is 1. The summed E-state index contributed by atoms with van der Waals surface area (Å²) in [6.45, 7) is 0.744. The fourth-order valence-electron chi connectivity index (χ4n) is 3.32. The molecule has 1 heterocycles. The van der Waals surface area contributed by atoms with Gasteiger partial charge in [-0.3, -0.25) is 0 Å². The molecule has 1 aromatic heterocycles. The second-order valence-electron chi connectivity index (χ2n) is 5.13. The molecule has 1 unspecified atom stereocenters. The van der Waals surface area contributed by atoms with Crippen LogP contribution in [0.15, 0.2) is 18.2 Å². The van der Waals surface area contributed by atoms with Crippen molar-refractivity contribution in [1.82, 2.24) is 4.57 Å². The second kappa shape index (κ2) is 4.32. The van der Waals surface area contributed by atoms with Crippen molar-refractivity contribution in [2.75, 3.05) is 13.7 Å². The Bertz CT molecular complexity index is 586. The van der Waals surface area contributed by atoms with Crippen molar-refractivity contribution >= 4 is 10.9 Å². The average molecular weight is 244 g/mol. The van der Waals surface area contributed by atoms with Crippen molar-refractivity contribution < 1.29 is 4.74 Å². The van der Waals surface area contributed by atoms with Crippen LogP contribution in [0.5, 0.6) is 5.75 Å². The highest BCUT2D eigenvalue weighted by molar-refractivity contribution is 5.87. The number of nitrogens with two attached hydrogens (primary N) is 1. The first-order valence-electron chi connectivity index (χ1n) is 6.61. The fraction of sp³-hybridized carbons (Fsp3) is 0.467. The Hall–Kier alpha value is -1.48. The topological polar surface area (TPSA) is 40.2 Å². The second-order valence-corrected chi connectivity index (χ2v) is 5.13. The highest BCUT2D eigenvalue weighted by atomic mass is 16.5. The molecule has 1 aromatic carbocycles. The predicted molar refractivity (Wildman–Crippen MR) is 74.2 cm³/mol. The zero-order valence-electron chi connectivity index (χ0n) is 11.1. The molecular formula is C15H20N2O. The quantitative estimate of drug-likeness (QED) is 0.882. The van der Waals surface area contributed by atoms with Gasteiger partial charge in [0.25, 0.3) is 0 Å². The molecule has 0 aliphatic heterocycles. The van der Waals surface area contributed by atoms with Crippen molar-refractivity contribution in [1.29, 1.82) is 0 Å². The van der Waals surface area contributed by atoms with Crippen molar-refractivity contribution in [2.24, 2.45) is 12.8 Å². The van der Waals surface area contributed by atoms with Gasteiger partial charge < -0.3 is 15.0 Å². The molecule has 96 valence electrons. The molecule has 1 atom stereocenters. The lowest BCUT2D eigenvalue weighted by Gasteiger charge is -2.23. The van der Waals surface area contributed by atoms with E-state index < -0.39 is 0 Å². The Kier molecular flexibility index (Phi) is 2.78. The summed E-state index contributed by atoms with van der Waals surface area (Å²) in [4.78, 5) is 0. The number of aryl methyl sites for hydroxylation is 2. The molecule has 1 aliphatic rings. The van der Waals surface area contributed by atoms with Crippen LogP contribution >= 0.6 is 0 Å². The molecule has 0 saturated heterocycles. The van der Waals surface area contributed by atoms with Crippen LogP contribution in [0.3, 0.4) is 0 Å². The van der Waals surface area contributed by atoms with E-state index in [1.807, 2.05) is 0 Å². The number of aromatic nitrogens is 1. The van der Waals surface area contributed by atoms with Crippen molar-refractivity contribution in [3.8, 4) is 5.75 Å². The Labute approximate surface area is 108 Å². The zero-order chi connectivity index (χ0) is 12.7. The Balaban J connectivity index is 2.27. The van der Waals surface area contributed by atoms with Gasteiger partial charge in [0.15, 0.2) is 0 Å². The monoisotopic (exact) mass is 244 g/mol. The molecule has 2 aromatic rings. The molecule has 0 radical (unpaired) electrons. The van der Waals surface area contributed by atoms with E-state index in [2.05, 4.69) is 29.8 Å². The molecule has 0 bridgehead atoms. The number of nitrogens with zero attached hydrogens (tertiary/aromatic N) is 1. The maximum Gasteiger partial charge on any atom is 0.120 e. The minimum atomic E-state index is 0.511. The van der Waals surface area contributed by atoms with E-state index >= 15 is 0 Å². The third-order valence-corrected chi connectivity index (χ3v) is 4.21. The van der Waals surface area contributed by atoms with Gasteiger partial charge in [0.05, 0.1) is 12.6 Å². The number of hydrogen-bond acceptors (Lipinski definition) is 2. The van der Waals surface area contributed by atoms with Gasteiger partial charge in [-0.25, -0.2) is 0 Å². The normalized spacial score (nSPS) is 18.9. The van der Waals surface area contributed by atoms with Crippen LogP contribution in [0.4, 0.5) is 0 Å². The van der Waals surface area contributed by atoms with Crippen LogP contribution < -0.4 is 10.5 Å². The van der Waals surface area contributed by atoms with E-state index in [4.69, 9.17) is 10.5 Å². The fourth-order valence-corrected chi connectivity index (χ4v) is 3.32. The van der Waals surface area contributed by atoms with E-state index in [-0.39, 0.29) is 0 Å². The molecule has 1 aliphatic carbocycles. The standard InChI is InChI=1S/C15H20N2O/c1-17-14-8-11(18-2)6-7-12(14)13-5-3-4-10(9-16)15(13)17/h6-8,10H,3-5,9,16H2,1-2H3. The van der Waals surface area contributed by atoms with Gasteiger partial charge in [-0.05, 0) is 37.0 Å². The molecular weight excluding hydrogens is 224 g/mol. The first-order chi connectivity index (χ1) is 8.76. The summed E-state index contributed by atoms with van der Waals surface area (Å²) in [5.41, 5.74) is 10.1. The summed E-state index contributed by atoms with van der Waals surface area (Å²) in [6.07, 6.45) is 3.64. The third kappa shape index (κ3) is 1.54. The molecule has 3 nitrogen and oxygen atoms in total. The molecule has 0 saturated carbocycles. The van der Waals surface area contributed by atoms with E-state index in [1.54, 1.807) is 7.11 Å². The van der Waals surface area contributed by atoms with Crippen molar-refractivity contribution in [3.05, 3.63) is 29.5 Å². The number of ether oxygens (including phenoxy) is 1. The largest absolute Gasteiger partial charge is 0.497 e. The third-order valence-electron chi connectivity index (χ3n) is 4.21. The van der Waals surface area contributed by atoms with Gasteiger partial charge in [-0.15, -0.1) is 0 Å². The van der Waals surface area contributed by atoms with Gasteiger partial charge in [0.1, 0.15) is 5.75 Å². The first kappa shape index (κ1) is 11.6. The lowest BCUT2D eigenvalue weighted by molar-refractivity contribution is 0.415. The van der Waals surface area contributed by atoms with E-state index in [1.165, 1.54) is 41.4 Å². The summed E-state index contributed by atoms with van der Waals surface area (Å²) in [5.74, 6) is 1.43. The van der Waals surface area contributed by atoms with Gasteiger partial charge in [0.2, 0.25) is 0 Å². The van der Waals surface area contributed by atoms with Gasteiger partial charge in [-0.2, -0.15) is 0 Å². The number of fused-ring (bicyclic) bond motifs is 3. The van der Waals surface area contributed by atoms with Crippen molar-refractivity contribution in [2.45, 2.75) is 25.2 Å². The summed E-state index contributed by atoms with van der Waals surface area (Å²) < 4.78 is 7.63. The molecule has 2 N–H and O–H groups in total. The molecule has 0 spiro atoms. The summed E-state index contributed by atoms with van der Waals surface area (Å²) in [7, 11) is 3.86. The lowest BCUT2D eigenvalue weighted by Crippen LogP contribution is -2.20. The molecule has 3 rings (SSSR count). The maximum absolute atomic E-state index is 5.93. The molecule has 0 amide bonds. The first-order valence-corrected chi connectivity index (χ1v) is 6.61. The number of methoxy groups -OCH3 is 1. The summed E-state index contributed by atoms with van der Waals surface area (Å²) >= 11 is 0. The van der Waals surface area contributed by atoms with Crippen LogP contribution in [-0.2, 0) is 13.5 Å². The molecule has 3 heteroatoms. The van der Waals surface area contributed by atoms with E-state index in [0.717, 1.165) is 12.3 Å². The van der Waals surface area contributed by atoms with Crippen LogP contribution in [0, 0.1) is 0 Å². The number of rotatable bonds is 2. The smallest absolute Gasteiger partial charge is 0.120 e. The van der Waals surface area contributed by atoms with E-state index in [0.29, 0.717) is 5.92 Å². The highest BCUT2D eigenvalue weighted by Gasteiger charge is 2.25. The Morgan fingerprint density at radius 3 is 3.00 bits per heavy atom. The van der Waals surface area contributed by atoms with Crippen molar-refractivity contribution in [3.63, 3.8) is 0 Å². The average Bonchev–Trinajstić information content (AvgIpc) is 2.72. The van der Waals surface area contributed by atoms with Crippen LogP contribution in [0.2, 0.25) is 0 Å². The van der Waals surface area contributed by atoms with Gasteiger partial charge in [0, 0.05) is 36.7 Å². The van der Waals surface area contributed by atoms with Gasteiger partial charge >= 0.3 is 0 Å². The van der Waals surface area contributed by atoms with Crippen LogP contribution in [0.25, 0.3) is 10.9 Å². The van der Waals surface area contributed by atoms with Crippen LogP contribution in [-0.4, -0.2) is 18.2 Å². The molecule has 0 fully saturated rings. The number of hydrogen-bond donors (Lipinski definition) is 1. The molecule has 18 heavy (non-hydrogen) atoms. The predicted octanol–water partition coefficient (Wildman–Crippen LogP) is 2.57. The SMILES string of the molecule is COc1ccc2c3c(n(C)c2c1)C(CN)CCC3. The summed E-state index contributed by atoms with van der Waals surface area (Å²) in [6, 6.07) is 6.36.